The molecule has 0 saturated heterocycles. The summed E-state index contributed by atoms with van der Waals surface area (Å²) in [4.78, 5) is 10.5. The van der Waals surface area contributed by atoms with Crippen LogP contribution in [0.4, 0.5) is 0 Å². The smallest absolute Gasteiger partial charge is 0.162 e. The van der Waals surface area contributed by atoms with E-state index in [0.29, 0.717) is 30.3 Å². The number of benzene rings is 1. The van der Waals surface area contributed by atoms with Crippen LogP contribution in [0.2, 0.25) is 0 Å². The van der Waals surface area contributed by atoms with Crippen LogP contribution in [0.5, 0.6) is 11.5 Å². The zero-order valence-corrected chi connectivity index (χ0v) is 7.60. The average molecular weight is 190 g/mol. The number of hydrogen-bond acceptors (Lipinski definition) is 3. The summed E-state index contributed by atoms with van der Waals surface area (Å²) in [6.07, 6.45) is 4.57. The summed E-state index contributed by atoms with van der Waals surface area (Å²) in [5.74, 6) is 1.30. The molecule has 2 rings (SSSR count). The molecule has 0 aromatic heterocycles. The predicted molar refractivity (Wildman–Crippen MR) is 52.0 cm³/mol. The van der Waals surface area contributed by atoms with Crippen molar-refractivity contribution in [2.24, 2.45) is 0 Å². The van der Waals surface area contributed by atoms with Crippen LogP contribution in [-0.4, -0.2) is 19.5 Å². The van der Waals surface area contributed by atoms with E-state index in [1.165, 1.54) is 0 Å². The summed E-state index contributed by atoms with van der Waals surface area (Å²) in [6, 6.07) is 5.14. The molecule has 3 nitrogen and oxygen atoms in total. The van der Waals surface area contributed by atoms with Gasteiger partial charge in [0, 0.05) is 5.56 Å². The Morgan fingerprint density at radius 1 is 1.07 bits per heavy atom. The zero-order chi connectivity index (χ0) is 9.80. The van der Waals surface area contributed by atoms with E-state index >= 15 is 0 Å². The van der Waals surface area contributed by atoms with Gasteiger partial charge in [-0.1, -0.05) is 0 Å². The Balaban J connectivity index is 2.33. The summed E-state index contributed by atoms with van der Waals surface area (Å²) in [7, 11) is 0. The summed E-state index contributed by atoms with van der Waals surface area (Å²) < 4.78 is 10.8. The lowest BCUT2D eigenvalue weighted by atomic mass is 10.2. The van der Waals surface area contributed by atoms with E-state index < -0.39 is 0 Å². The number of carbonyl (C=O) groups is 1. The largest absolute Gasteiger partial charge is 0.486 e. The van der Waals surface area contributed by atoms with Crippen LogP contribution in [0.1, 0.15) is 10.4 Å². The molecular formula is C11H10O3. The van der Waals surface area contributed by atoms with Crippen LogP contribution in [0.25, 0.3) is 0 Å². The Kier molecular flexibility index (Phi) is 2.49. The fourth-order valence-electron chi connectivity index (χ4n) is 1.24. The number of rotatable bonds is 1. The molecular weight excluding hydrogens is 180 g/mol. The molecule has 14 heavy (non-hydrogen) atoms. The van der Waals surface area contributed by atoms with Gasteiger partial charge >= 0.3 is 0 Å². The second-order valence-electron chi connectivity index (χ2n) is 2.92. The van der Waals surface area contributed by atoms with Gasteiger partial charge in [0.25, 0.3) is 0 Å². The van der Waals surface area contributed by atoms with E-state index in [-0.39, 0.29) is 0 Å². The zero-order valence-electron chi connectivity index (χ0n) is 7.60. The Labute approximate surface area is 81.9 Å². The first-order valence-corrected chi connectivity index (χ1v) is 4.40. The standard InChI is InChI=1S/C11H10O3/c12-8-9-3-4-10-11(7-9)14-6-2-1-5-13-10/h1-4,7-8H,5-6H2/b2-1-. The van der Waals surface area contributed by atoms with Crippen molar-refractivity contribution >= 4 is 6.29 Å². The molecule has 72 valence electrons. The Hall–Kier alpha value is -1.77. The molecule has 1 aromatic rings. The van der Waals surface area contributed by atoms with E-state index in [1.54, 1.807) is 18.2 Å². The summed E-state index contributed by atoms with van der Waals surface area (Å²) in [5, 5.41) is 0. The van der Waals surface area contributed by atoms with Gasteiger partial charge in [-0.15, -0.1) is 0 Å². The molecule has 1 aliphatic heterocycles. The summed E-state index contributed by atoms with van der Waals surface area (Å²) in [6.45, 7) is 1.05. The summed E-state index contributed by atoms with van der Waals surface area (Å²) >= 11 is 0. The van der Waals surface area contributed by atoms with E-state index in [2.05, 4.69) is 0 Å². The van der Waals surface area contributed by atoms with Gasteiger partial charge in [0.15, 0.2) is 11.5 Å². The number of fused-ring (bicyclic) bond motifs is 1. The predicted octanol–water partition coefficient (Wildman–Crippen LogP) is 1.83. The maximum Gasteiger partial charge on any atom is 0.162 e. The molecule has 0 fully saturated rings. The molecule has 0 N–H and O–H groups in total. The van der Waals surface area contributed by atoms with Crippen molar-refractivity contribution in [3.63, 3.8) is 0 Å². The monoisotopic (exact) mass is 190 g/mol. The van der Waals surface area contributed by atoms with Gasteiger partial charge in [0.05, 0.1) is 0 Å². The quantitative estimate of drug-likeness (QED) is 0.500. The minimum atomic E-state index is 0.513. The number of hydrogen-bond donors (Lipinski definition) is 0. The van der Waals surface area contributed by atoms with Crippen LogP contribution >= 0.6 is 0 Å². The van der Waals surface area contributed by atoms with Crippen molar-refractivity contribution in [1.29, 1.82) is 0 Å². The highest BCUT2D eigenvalue weighted by Crippen LogP contribution is 2.28. The lowest BCUT2D eigenvalue weighted by Crippen LogP contribution is -2.04. The molecule has 1 heterocycles. The third-order valence-electron chi connectivity index (χ3n) is 1.94. The van der Waals surface area contributed by atoms with Gasteiger partial charge in [0.1, 0.15) is 19.5 Å². The average Bonchev–Trinajstić information content (AvgIpc) is 2.18. The van der Waals surface area contributed by atoms with Crippen LogP contribution in [0.3, 0.4) is 0 Å². The third kappa shape index (κ3) is 1.76. The molecule has 0 radical (unpaired) electrons. The van der Waals surface area contributed by atoms with Crippen LogP contribution in [-0.2, 0) is 0 Å². The number of aldehydes is 1. The second kappa shape index (κ2) is 3.96. The first-order chi connectivity index (χ1) is 6.90. The molecule has 0 aliphatic carbocycles. The van der Waals surface area contributed by atoms with Gasteiger partial charge in [-0.25, -0.2) is 0 Å². The van der Waals surface area contributed by atoms with E-state index in [9.17, 15) is 4.79 Å². The SMILES string of the molecule is O=Cc1ccc2c(c1)OC/C=C\CO2. The number of ether oxygens (including phenoxy) is 2. The van der Waals surface area contributed by atoms with Gasteiger partial charge < -0.3 is 9.47 Å². The first-order valence-electron chi connectivity index (χ1n) is 4.40. The lowest BCUT2D eigenvalue weighted by Gasteiger charge is -2.13. The Morgan fingerprint density at radius 2 is 1.79 bits per heavy atom. The van der Waals surface area contributed by atoms with Gasteiger partial charge in [-0.3, -0.25) is 4.79 Å². The maximum atomic E-state index is 10.5. The molecule has 1 aromatic carbocycles. The molecule has 0 saturated carbocycles. The van der Waals surface area contributed by atoms with Crippen LogP contribution in [0.15, 0.2) is 30.4 Å². The van der Waals surface area contributed by atoms with Crippen molar-refractivity contribution in [2.75, 3.05) is 13.2 Å². The van der Waals surface area contributed by atoms with E-state index in [0.717, 1.165) is 6.29 Å². The Bertz CT molecular complexity index is 369. The van der Waals surface area contributed by atoms with Gasteiger partial charge in [-0.2, -0.15) is 0 Å². The normalized spacial score (nSPS) is 16.6. The second-order valence-corrected chi connectivity index (χ2v) is 2.92. The minimum absolute atomic E-state index is 0.513. The highest BCUT2D eigenvalue weighted by atomic mass is 16.5. The first kappa shape index (κ1) is 8.81. The maximum absolute atomic E-state index is 10.5. The van der Waals surface area contributed by atoms with Crippen molar-refractivity contribution < 1.29 is 14.3 Å². The minimum Gasteiger partial charge on any atom is -0.486 e. The number of carbonyl (C=O) groups excluding carboxylic acids is 1. The van der Waals surface area contributed by atoms with Gasteiger partial charge in [0.2, 0.25) is 0 Å². The molecule has 0 atom stereocenters. The fourth-order valence-corrected chi connectivity index (χ4v) is 1.24. The highest BCUT2D eigenvalue weighted by Gasteiger charge is 2.06. The molecule has 3 heteroatoms. The molecule has 1 aliphatic rings. The van der Waals surface area contributed by atoms with Crippen molar-refractivity contribution in [3.05, 3.63) is 35.9 Å². The van der Waals surface area contributed by atoms with E-state index in [4.69, 9.17) is 9.47 Å². The van der Waals surface area contributed by atoms with Crippen LogP contribution in [0, 0.1) is 0 Å². The van der Waals surface area contributed by atoms with Crippen LogP contribution < -0.4 is 9.47 Å². The van der Waals surface area contributed by atoms with Crippen molar-refractivity contribution in [3.8, 4) is 11.5 Å². The molecule has 0 spiro atoms. The van der Waals surface area contributed by atoms with Gasteiger partial charge in [-0.05, 0) is 30.4 Å². The summed E-state index contributed by atoms with van der Waals surface area (Å²) in [5.41, 5.74) is 0.594. The van der Waals surface area contributed by atoms with Crippen molar-refractivity contribution in [2.45, 2.75) is 0 Å². The topological polar surface area (TPSA) is 35.5 Å². The fraction of sp³-hybridized carbons (Fsp3) is 0.182. The highest BCUT2D eigenvalue weighted by molar-refractivity contribution is 5.76. The molecule has 0 bridgehead atoms. The third-order valence-corrected chi connectivity index (χ3v) is 1.94. The lowest BCUT2D eigenvalue weighted by molar-refractivity contribution is 0.112. The molecule has 0 amide bonds. The van der Waals surface area contributed by atoms with Crippen molar-refractivity contribution in [1.82, 2.24) is 0 Å². The van der Waals surface area contributed by atoms with E-state index in [1.807, 2.05) is 12.2 Å². The molecule has 0 unspecified atom stereocenters. The Morgan fingerprint density at radius 3 is 2.50 bits per heavy atom.